The molecule has 0 unspecified atom stereocenters. The maximum Gasteiger partial charge on any atom is 0.229 e. The topological polar surface area (TPSA) is 54.9 Å². The van der Waals surface area contributed by atoms with Crippen LogP contribution in [-0.2, 0) is 4.79 Å². The van der Waals surface area contributed by atoms with Crippen molar-refractivity contribution in [3.63, 3.8) is 0 Å². The molecule has 0 spiro atoms. The lowest BCUT2D eigenvalue weighted by molar-refractivity contribution is -0.118. The summed E-state index contributed by atoms with van der Waals surface area (Å²) in [6, 6.07) is 0. The lowest BCUT2D eigenvalue weighted by atomic mass is 10.0. The first-order valence-corrected chi connectivity index (χ1v) is 5.93. The van der Waals surface area contributed by atoms with Crippen LogP contribution in [-0.4, -0.2) is 15.9 Å². The highest BCUT2D eigenvalue weighted by Gasteiger charge is 2.68. The molecule has 17 heavy (non-hydrogen) atoms. The van der Waals surface area contributed by atoms with Crippen molar-refractivity contribution in [2.75, 3.05) is 5.32 Å². The van der Waals surface area contributed by atoms with E-state index in [2.05, 4.69) is 43.0 Å². The van der Waals surface area contributed by atoms with Crippen LogP contribution in [0.1, 0.15) is 27.7 Å². The maximum atomic E-state index is 12.1. The highest BCUT2D eigenvalue weighted by molar-refractivity contribution is 6.29. The van der Waals surface area contributed by atoms with Crippen LogP contribution >= 0.6 is 11.6 Å². The number of aromatic nitrogens is 2. The van der Waals surface area contributed by atoms with Crippen molar-refractivity contribution < 1.29 is 4.79 Å². The van der Waals surface area contributed by atoms with E-state index in [1.54, 1.807) is 0 Å². The van der Waals surface area contributed by atoms with Crippen molar-refractivity contribution in [2.24, 2.45) is 16.7 Å². The molecule has 0 aliphatic heterocycles. The first kappa shape index (κ1) is 12.3. The normalized spacial score (nSPS) is 21.0. The van der Waals surface area contributed by atoms with E-state index < -0.39 is 0 Å². The number of carbonyl (C=O) groups excluding carboxylic acids is 1. The van der Waals surface area contributed by atoms with Gasteiger partial charge in [0.25, 0.3) is 0 Å². The van der Waals surface area contributed by atoms with E-state index in [1.807, 2.05) is 0 Å². The summed E-state index contributed by atoms with van der Waals surface area (Å²) in [6.07, 6.45) is 2.88. The Morgan fingerprint density at radius 2 is 1.82 bits per heavy atom. The summed E-state index contributed by atoms with van der Waals surface area (Å²) in [5.74, 6) is 0.446. The molecular weight excluding hydrogens is 238 g/mol. The van der Waals surface area contributed by atoms with E-state index >= 15 is 0 Å². The summed E-state index contributed by atoms with van der Waals surface area (Å²) < 4.78 is 0. The molecule has 1 aliphatic carbocycles. The average molecular weight is 254 g/mol. The molecule has 2 rings (SSSR count). The number of carbonyl (C=O) groups is 1. The largest absolute Gasteiger partial charge is 0.309 e. The van der Waals surface area contributed by atoms with Crippen molar-refractivity contribution in [2.45, 2.75) is 27.7 Å². The Bertz CT molecular complexity index is 439. The van der Waals surface area contributed by atoms with Gasteiger partial charge in [0.15, 0.2) is 5.82 Å². The summed E-state index contributed by atoms with van der Waals surface area (Å²) in [4.78, 5) is 19.9. The molecular formula is C12H16ClN3O. The quantitative estimate of drug-likeness (QED) is 0.882. The van der Waals surface area contributed by atoms with Gasteiger partial charge in [-0.3, -0.25) is 4.79 Å². The molecule has 1 aromatic heterocycles. The lowest BCUT2D eigenvalue weighted by Crippen LogP contribution is -2.18. The zero-order valence-corrected chi connectivity index (χ0v) is 11.2. The standard InChI is InChI=1S/C12H16ClN3O/c1-11(2)9(12(11,3)4)10(17)16-8-6-14-7(13)5-15-8/h5-6,9H,1-4H3,(H,15,16,17). The van der Waals surface area contributed by atoms with E-state index in [1.165, 1.54) is 12.4 Å². The number of hydrogen-bond acceptors (Lipinski definition) is 3. The maximum absolute atomic E-state index is 12.1. The first-order valence-electron chi connectivity index (χ1n) is 5.55. The van der Waals surface area contributed by atoms with Crippen LogP contribution in [0.15, 0.2) is 12.4 Å². The van der Waals surface area contributed by atoms with Gasteiger partial charge in [-0.05, 0) is 10.8 Å². The van der Waals surface area contributed by atoms with Gasteiger partial charge in [-0.15, -0.1) is 0 Å². The molecule has 1 aromatic rings. The third-order valence-corrected chi connectivity index (χ3v) is 4.35. The summed E-state index contributed by atoms with van der Waals surface area (Å²) >= 11 is 5.63. The molecule has 4 nitrogen and oxygen atoms in total. The second-order valence-corrected chi connectivity index (χ2v) is 5.98. The van der Waals surface area contributed by atoms with Crippen molar-refractivity contribution in [3.05, 3.63) is 17.5 Å². The van der Waals surface area contributed by atoms with Crippen LogP contribution in [0.5, 0.6) is 0 Å². The number of hydrogen-bond donors (Lipinski definition) is 1. The first-order chi connectivity index (χ1) is 7.76. The molecule has 0 saturated heterocycles. The fourth-order valence-corrected chi connectivity index (χ4v) is 2.52. The Morgan fingerprint density at radius 3 is 2.24 bits per heavy atom. The summed E-state index contributed by atoms with van der Waals surface area (Å²) in [6.45, 7) is 8.41. The smallest absolute Gasteiger partial charge is 0.229 e. The third kappa shape index (κ3) is 1.90. The zero-order chi connectivity index (χ0) is 12.8. The van der Waals surface area contributed by atoms with Crippen molar-refractivity contribution in [1.29, 1.82) is 0 Å². The van der Waals surface area contributed by atoms with Crippen LogP contribution in [0.3, 0.4) is 0 Å². The van der Waals surface area contributed by atoms with Crippen LogP contribution < -0.4 is 5.32 Å². The molecule has 1 aliphatic rings. The summed E-state index contributed by atoms with van der Waals surface area (Å²) in [5, 5.41) is 3.09. The van der Waals surface area contributed by atoms with Crippen molar-refractivity contribution in [1.82, 2.24) is 9.97 Å². The minimum absolute atomic E-state index is 0.00313. The molecule has 1 amide bonds. The average Bonchev–Trinajstić information content (AvgIpc) is 2.61. The Morgan fingerprint density at radius 1 is 1.24 bits per heavy atom. The van der Waals surface area contributed by atoms with Gasteiger partial charge in [-0.25, -0.2) is 9.97 Å². The van der Waals surface area contributed by atoms with Gasteiger partial charge in [0, 0.05) is 5.92 Å². The zero-order valence-electron chi connectivity index (χ0n) is 10.4. The van der Waals surface area contributed by atoms with Crippen LogP contribution in [0.2, 0.25) is 5.15 Å². The number of amides is 1. The molecule has 1 saturated carbocycles. The highest BCUT2D eigenvalue weighted by Crippen LogP contribution is 2.68. The van der Waals surface area contributed by atoms with Crippen LogP contribution in [0, 0.1) is 16.7 Å². The van der Waals surface area contributed by atoms with Crippen molar-refractivity contribution in [3.8, 4) is 0 Å². The molecule has 0 radical (unpaired) electrons. The second-order valence-electron chi connectivity index (χ2n) is 5.59. The van der Waals surface area contributed by atoms with E-state index in [4.69, 9.17) is 11.6 Å². The predicted octanol–water partition coefficient (Wildman–Crippen LogP) is 2.75. The molecule has 92 valence electrons. The van der Waals surface area contributed by atoms with Crippen LogP contribution in [0.4, 0.5) is 5.82 Å². The van der Waals surface area contributed by atoms with E-state index in [0.717, 1.165) is 0 Å². The number of nitrogens with zero attached hydrogens (tertiary/aromatic N) is 2. The monoisotopic (exact) mass is 253 g/mol. The van der Waals surface area contributed by atoms with Gasteiger partial charge in [0.2, 0.25) is 5.91 Å². The molecule has 1 fully saturated rings. The fourth-order valence-electron chi connectivity index (χ4n) is 2.43. The van der Waals surface area contributed by atoms with Crippen molar-refractivity contribution >= 4 is 23.3 Å². The molecule has 5 heteroatoms. The summed E-state index contributed by atoms with van der Waals surface area (Å²) in [5.41, 5.74) is 0.0495. The molecule has 0 atom stereocenters. The molecule has 1 N–H and O–H groups in total. The number of halogens is 1. The Balaban J connectivity index is 2.07. The number of rotatable bonds is 2. The van der Waals surface area contributed by atoms with Gasteiger partial charge in [-0.2, -0.15) is 0 Å². The SMILES string of the molecule is CC1(C)C(C(=O)Nc2cnc(Cl)cn2)C1(C)C. The number of anilines is 1. The second kappa shape index (κ2) is 3.67. The Labute approximate surface area is 106 Å². The Kier molecular flexibility index (Phi) is 2.65. The lowest BCUT2D eigenvalue weighted by Gasteiger charge is -2.04. The van der Waals surface area contributed by atoms with Gasteiger partial charge in [0.05, 0.1) is 12.4 Å². The van der Waals surface area contributed by atoms with E-state index in [0.29, 0.717) is 11.0 Å². The third-order valence-electron chi connectivity index (χ3n) is 4.15. The van der Waals surface area contributed by atoms with Gasteiger partial charge in [0.1, 0.15) is 5.15 Å². The number of nitrogens with one attached hydrogen (secondary N) is 1. The van der Waals surface area contributed by atoms with Gasteiger partial charge in [-0.1, -0.05) is 39.3 Å². The molecule has 1 heterocycles. The molecule has 0 bridgehead atoms. The molecule has 0 aromatic carbocycles. The fraction of sp³-hybridized carbons (Fsp3) is 0.583. The minimum atomic E-state index is -0.00313. The minimum Gasteiger partial charge on any atom is -0.309 e. The van der Waals surface area contributed by atoms with Gasteiger partial charge >= 0.3 is 0 Å². The predicted molar refractivity (Wildman–Crippen MR) is 66.7 cm³/mol. The van der Waals surface area contributed by atoms with E-state index in [-0.39, 0.29) is 22.7 Å². The summed E-state index contributed by atoms with van der Waals surface area (Å²) in [7, 11) is 0. The Hall–Kier alpha value is -1.16. The van der Waals surface area contributed by atoms with Crippen LogP contribution in [0.25, 0.3) is 0 Å². The van der Waals surface area contributed by atoms with E-state index in [9.17, 15) is 4.79 Å². The highest BCUT2D eigenvalue weighted by atomic mass is 35.5. The van der Waals surface area contributed by atoms with Gasteiger partial charge < -0.3 is 5.32 Å².